The number of methoxy groups -OCH3 is 1. The molecule has 2 rings (SSSR count). The maximum atomic E-state index is 5.11. The van der Waals surface area contributed by atoms with E-state index in [0.717, 1.165) is 5.75 Å². The Hall–Kier alpha value is -0.710. The molecule has 0 amide bonds. The summed E-state index contributed by atoms with van der Waals surface area (Å²) in [6, 6.07) is 8.43. The van der Waals surface area contributed by atoms with E-state index in [0.29, 0.717) is 0 Å². The Kier molecular flexibility index (Phi) is 2.73. The van der Waals surface area contributed by atoms with Gasteiger partial charge in [-0.1, -0.05) is 0 Å². The molecule has 1 aromatic carbocycles. The standard InChI is InChI=1S/C11H11OTe/c1-12-10-4-6-11(7-5-10)13-8-2-3-9-13/h2-9H,1H3. The minimum atomic E-state index is -1.19. The molecule has 1 heterocycles. The summed E-state index contributed by atoms with van der Waals surface area (Å²) in [5, 5.41) is 0. The van der Waals surface area contributed by atoms with Crippen molar-refractivity contribution < 1.29 is 4.74 Å². The molecule has 0 unspecified atom stereocenters. The number of ether oxygens (including phenoxy) is 1. The first-order valence-corrected chi connectivity index (χ1v) is 7.97. The van der Waals surface area contributed by atoms with Crippen molar-refractivity contribution in [2.24, 2.45) is 0 Å². The van der Waals surface area contributed by atoms with Gasteiger partial charge >= 0.3 is 85.4 Å². The van der Waals surface area contributed by atoms with Crippen LogP contribution in [0.5, 0.6) is 5.75 Å². The first-order valence-electron chi connectivity index (χ1n) is 4.11. The number of benzene rings is 1. The van der Waals surface area contributed by atoms with Crippen LogP contribution in [0.1, 0.15) is 0 Å². The van der Waals surface area contributed by atoms with Crippen molar-refractivity contribution in [1.82, 2.24) is 0 Å². The van der Waals surface area contributed by atoms with Crippen LogP contribution in [0.15, 0.2) is 44.7 Å². The van der Waals surface area contributed by atoms with Crippen LogP contribution in [0.25, 0.3) is 0 Å². The van der Waals surface area contributed by atoms with E-state index in [9.17, 15) is 0 Å². The summed E-state index contributed by atoms with van der Waals surface area (Å²) < 4.78 is 11.3. The van der Waals surface area contributed by atoms with Crippen LogP contribution in [0, 0.1) is 0 Å². The van der Waals surface area contributed by atoms with Gasteiger partial charge in [0.25, 0.3) is 0 Å². The van der Waals surface area contributed by atoms with Crippen LogP contribution in [0.4, 0.5) is 0 Å². The van der Waals surface area contributed by atoms with E-state index in [1.54, 1.807) is 7.11 Å². The molecule has 0 aromatic heterocycles. The van der Waals surface area contributed by atoms with Crippen molar-refractivity contribution in [3.8, 4) is 5.75 Å². The molecule has 0 fully saturated rings. The summed E-state index contributed by atoms with van der Waals surface area (Å²) >= 11 is -1.19. The first-order chi connectivity index (χ1) is 6.40. The predicted molar refractivity (Wildman–Crippen MR) is 56.7 cm³/mol. The summed E-state index contributed by atoms with van der Waals surface area (Å²) in [5.74, 6) is 0.939. The molecule has 0 saturated heterocycles. The third-order valence-electron chi connectivity index (χ3n) is 1.89. The summed E-state index contributed by atoms with van der Waals surface area (Å²) in [7, 11) is 1.70. The van der Waals surface area contributed by atoms with E-state index in [-0.39, 0.29) is 0 Å². The van der Waals surface area contributed by atoms with E-state index in [4.69, 9.17) is 4.74 Å². The van der Waals surface area contributed by atoms with Gasteiger partial charge in [-0.3, -0.25) is 0 Å². The number of hydrogen-bond donors (Lipinski definition) is 0. The fourth-order valence-corrected chi connectivity index (χ4v) is 5.12. The van der Waals surface area contributed by atoms with Gasteiger partial charge in [-0.2, -0.15) is 0 Å². The molecule has 0 bridgehead atoms. The van der Waals surface area contributed by atoms with Gasteiger partial charge in [-0.15, -0.1) is 0 Å². The average Bonchev–Trinajstić information content (AvgIpc) is 2.71. The molecule has 67 valence electrons. The van der Waals surface area contributed by atoms with Gasteiger partial charge in [0.2, 0.25) is 0 Å². The van der Waals surface area contributed by atoms with Gasteiger partial charge in [0, 0.05) is 0 Å². The molecule has 0 saturated carbocycles. The Morgan fingerprint density at radius 3 is 2.15 bits per heavy atom. The zero-order valence-corrected chi connectivity index (χ0v) is 9.77. The molecule has 1 aromatic rings. The van der Waals surface area contributed by atoms with Crippen LogP contribution in [0.3, 0.4) is 0 Å². The molecular weight excluding hydrogens is 276 g/mol. The molecular formula is C11H11OTe. The number of hydrogen-bond acceptors (Lipinski definition) is 1. The van der Waals surface area contributed by atoms with Gasteiger partial charge in [0.05, 0.1) is 0 Å². The van der Waals surface area contributed by atoms with Crippen LogP contribution in [0.2, 0.25) is 0 Å². The molecule has 1 aliphatic heterocycles. The fraction of sp³-hybridized carbons (Fsp3) is 0.0909. The van der Waals surface area contributed by atoms with E-state index >= 15 is 0 Å². The predicted octanol–water partition coefficient (Wildman–Crippen LogP) is 1.60. The summed E-state index contributed by atoms with van der Waals surface area (Å²) in [4.78, 5) is 0. The van der Waals surface area contributed by atoms with Crippen molar-refractivity contribution in [1.29, 1.82) is 0 Å². The Morgan fingerprint density at radius 1 is 1.00 bits per heavy atom. The topological polar surface area (TPSA) is 9.23 Å². The summed E-state index contributed by atoms with van der Waals surface area (Å²) in [6.07, 6.45) is 4.31. The zero-order chi connectivity index (χ0) is 9.10. The van der Waals surface area contributed by atoms with Crippen molar-refractivity contribution in [3.05, 3.63) is 44.7 Å². The van der Waals surface area contributed by atoms with Crippen LogP contribution in [-0.4, -0.2) is 26.7 Å². The van der Waals surface area contributed by atoms with Gasteiger partial charge in [-0.25, -0.2) is 0 Å². The normalized spacial score (nSPS) is 15.2. The van der Waals surface area contributed by atoms with Gasteiger partial charge in [-0.05, 0) is 0 Å². The molecule has 13 heavy (non-hydrogen) atoms. The van der Waals surface area contributed by atoms with Gasteiger partial charge in [0.1, 0.15) is 0 Å². The first kappa shape index (κ1) is 8.87. The van der Waals surface area contributed by atoms with E-state index in [1.807, 2.05) is 12.1 Å². The minimum absolute atomic E-state index is 0.939. The van der Waals surface area contributed by atoms with Crippen molar-refractivity contribution in [3.63, 3.8) is 0 Å². The monoisotopic (exact) mass is 289 g/mol. The van der Waals surface area contributed by atoms with Crippen LogP contribution >= 0.6 is 0 Å². The van der Waals surface area contributed by atoms with Gasteiger partial charge < -0.3 is 0 Å². The maximum absolute atomic E-state index is 5.11. The molecule has 0 spiro atoms. The van der Waals surface area contributed by atoms with Crippen molar-refractivity contribution in [2.75, 3.05) is 7.11 Å². The fourth-order valence-electron chi connectivity index (χ4n) is 1.20. The molecule has 1 radical (unpaired) electrons. The Balaban J connectivity index is 2.22. The Bertz CT molecular complexity index is 326. The van der Waals surface area contributed by atoms with E-state index < -0.39 is 19.6 Å². The molecule has 0 atom stereocenters. The second-order valence-corrected chi connectivity index (χ2v) is 7.73. The summed E-state index contributed by atoms with van der Waals surface area (Å²) in [5.41, 5.74) is 0. The van der Waals surface area contributed by atoms with Crippen molar-refractivity contribution >= 4 is 23.2 Å². The van der Waals surface area contributed by atoms with Crippen molar-refractivity contribution in [2.45, 2.75) is 0 Å². The molecule has 1 nitrogen and oxygen atoms in total. The second kappa shape index (κ2) is 4.00. The zero-order valence-electron chi connectivity index (χ0n) is 7.44. The van der Waals surface area contributed by atoms with Gasteiger partial charge in [0.15, 0.2) is 0 Å². The second-order valence-electron chi connectivity index (χ2n) is 2.70. The molecule has 2 heteroatoms. The summed E-state index contributed by atoms with van der Waals surface area (Å²) in [6.45, 7) is 0. The number of allylic oxidation sites excluding steroid dienone is 2. The average molecular weight is 287 g/mol. The van der Waals surface area contributed by atoms with Crippen LogP contribution in [-0.2, 0) is 0 Å². The Labute approximate surface area is 85.4 Å². The van der Waals surface area contributed by atoms with E-state index in [2.05, 4.69) is 32.5 Å². The molecule has 0 aliphatic carbocycles. The number of rotatable bonds is 2. The van der Waals surface area contributed by atoms with E-state index in [1.165, 1.54) is 3.61 Å². The Morgan fingerprint density at radius 2 is 1.62 bits per heavy atom. The SMILES string of the molecule is COc1ccc([Te]2C=CC=C2)cc1. The quantitative estimate of drug-likeness (QED) is 0.751. The molecule has 0 N–H and O–H groups in total. The third kappa shape index (κ3) is 1.96. The van der Waals surface area contributed by atoms with Crippen LogP contribution < -0.4 is 8.35 Å². The molecule has 1 aliphatic rings. The third-order valence-corrected chi connectivity index (χ3v) is 6.79.